The van der Waals surface area contributed by atoms with Gasteiger partial charge in [-0.3, -0.25) is 4.79 Å². The summed E-state index contributed by atoms with van der Waals surface area (Å²) < 4.78 is 37.6. The van der Waals surface area contributed by atoms with Crippen LogP contribution in [0.25, 0.3) is 0 Å². The number of hydrogen-bond donors (Lipinski definition) is 0. The van der Waals surface area contributed by atoms with Crippen LogP contribution in [0.15, 0.2) is 30.9 Å². The summed E-state index contributed by atoms with van der Waals surface area (Å²) in [6.45, 7) is 3.13. The standard InChI is InChI=1S/C10H6ClF3O/c1-2-8(15)6-4-3-5-7(11)9(6)10(12,13)14/h2-5H,1H2. The minimum atomic E-state index is -4.65. The van der Waals surface area contributed by atoms with Gasteiger partial charge in [-0.05, 0) is 12.1 Å². The highest BCUT2D eigenvalue weighted by Gasteiger charge is 2.36. The summed E-state index contributed by atoms with van der Waals surface area (Å²) in [5.41, 5.74) is -1.60. The van der Waals surface area contributed by atoms with Crippen molar-refractivity contribution in [1.82, 2.24) is 0 Å². The van der Waals surface area contributed by atoms with Crippen LogP contribution in [0.5, 0.6) is 0 Å². The molecule has 80 valence electrons. The molecule has 0 spiro atoms. The zero-order valence-electron chi connectivity index (χ0n) is 7.44. The van der Waals surface area contributed by atoms with Gasteiger partial charge in [-0.25, -0.2) is 0 Å². The molecule has 0 radical (unpaired) electrons. The number of hydrogen-bond acceptors (Lipinski definition) is 1. The largest absolute Gasteiger partial charge is 0.418 e. The molecule has 0 bridgehead atoms. The van der Waals surface area contributed by atoms with Gasteiger partial charge in [0.2, 0.25) is 0 Å². The molecule has 1 nitrogen and oxygen atoms in total. The zero-order valence-corrected chi connectivity index (χ0v) is 8.19. The van der Waals surface area contributed by atoms with Gasteiger partial charge in [0.05, 0.1) is 10.6 Å². The smallest absolute Gasteiger partial charge is 0.289 e. The lowest BCUT2D eigenvalue weighted by molar-refractivity contribution is -0.137. The summed E-state index contributed by atoms with van der Waals surface area (Å²) in [6, 6.07) is 3.44. The summed E-state index contributed by atoms with van der Waals surface area (Å²) in [7, 11) is 0. The highest BCUT2D eigenvalue weighted by atomic mass is 35.5. The van der Waals surface area contributed by atoms with Gasteiger partial charge in [0, 0.05) is 5.56 Å². The average molecular weight is 235 g/mol. The fourth-order valence-corrected chi connectivity index (χ4v) is 1.41. The van der Waals surface area contributed by atoms with Crippen LogP contribution in [0.2, 0.25) is 5.02 Å². The molecule has 0 aliphatic rings. The second-order valence-corrected chi connectivity index (χ2v) is 3.14. The van der Waals surface area contributed by atoms with Gasteiger partial charge in [0.15, 0.2) is 5.78 Å². The fourth-order valence-electron chi connectivity index (χ4n) is 1.13. The lowest BCUT2D eigenvalue weighted by Crippen LogP contribution is -2.12. The monoisotopic (exact) mass is 234 g/mol. The maximum Gasteiger partial charge on any atom is 0.418 e. The Balaban J connectivity index is 3.46. The highest BCUT2D eigenvalue weighted by molar-refractivity contribution is 6.32. The van der Waals surface area contributed by atoms with Crippen molar-refractivity contribution in [2.45, 2.75) is 6.18 Å². The molecule has 1 aromatic rings. The van der Waals surface area contributed by atoms with Gasteiger partial charge in [-0.1, -0.05) is 30.3 Å². The first-order valence-corrected chi connectivity index (χ1v) is 4.28. The van der Waals surface area contributed by atoms with Crippen LogP contribution in [0, 0.1) is 0 Å². The molecule has 0 N–H and O–H groups in total. The van der Waals surface area contributed by atoms with Crippen LogP contribution in [-0.4, -0.2) is 5.78 Å². The second-order valence-electron chi connectivity index (χ2n) is 2.73. The first-order chi connectivity index (χ1) is 6.88. The lowest BCUT2D eigenvalue weighted by Gasteiger charge is -2.12. The van der Waals surface area contributed by atoms with Crippen molar-refractivity contribution in [2.75, 3.05) is 0 Å². The van der Waals surface area contributed by atoms with Crippen molar-refractivity contribution in [3.8, 4) is 0 Å². The van der Waals surface area contributed by atoms with Crippen LogP contribution >= 0.6 is 11.6 Å². The number of allylic oxidation sites excluding steroid dienone is 1. The van der Waals surface area contributed by atoms with Gasteiger partial charge in [-0.2, -0.15) is 13.2 Å². The third-order valence-electron chi connectivity index (χ3n) is 1.75. The Hall–Kier alpha value is -1.29. The first kappa shape index (κ1) is 11.8. The predicted molar refractivity (Wildman–Crippen MR) is 51.0 cm³/mol. The van der Waals surface area contributed by atoms with Crippen LogP contribution in [-0.2, 0) is 6.18 Å². The molecule has 0 saturated carbocycles. The molecule has 5 heteroatoms. The topological polar surface area (TPSA) is 17.1 Å². The maximum absolute atomic E-state index is 12.5. The number of carbonyl (C=O) groups excluding carboxylic acids is 1. The second kappa shape index (κ2) is 4.06. The average Bonchev–Trinajstić information content (AvgIpc) is 2.14. The minimum Gasteiger partial charge on any atom is -0.289 e. The molecule has 0 aromatic heterocycles. The van der Waals surface area contributed by atoms with Crippen molar-refractivity contribution < 1.29 is 18.0 Å². The van der Waals surface area contributed by atoms with E-state index in [0.717, 1.165) is 18.2 Å². The van der Waals surface area contributed by atoms with E-state index in [1.165, 1.54) is 6.07 Å². The van der Waals surface area contributed by atoms with E-state index in [-0.39, 0.29) is 0 Å². The van der Waals surface area contributed by atoms with Crippen molar-refractivity contribution in [3.63, 3.8) is 0 Å². The van der Waals surface area contributed by atoms with Gasteiger partial charge < -0.3 is 0 Å². The van der Waals surface area contributed by atoms with Crippen LogP contribution in [0.4, 0.5) is 13.2 Å². The molecule has 0 aliphatic heterocycles. The summed E-state index contributed by atoms with van der Waals surface area (Å²) in [5, 5.41) is -0.491. The van der Waals surface area contributed by atoms with Gasteiger partial charge in [0.25, 0.3) is 0 Å². The van der Waals surface area contributed by atoms with Crippen LogP contribution < -0.4 is 0 Å². The molecule has 0 atom stereocenters. The molecular formula is C10H6ClF3O. The number of carbonyl (C=O) groups is 1. The van der Waals surface area contributed by atoms with E-state index in [0.29, 0.717) is 0 Å². The summed E-state index contributed by atoms with van der Waals surface area (Å²) in [5.74, 6) is -0.801. The Morgan fingerprint density at radius 2 is 2.00 bits per heavy atom. The van der Waals surface area contributed by atoms with Crippen molar-refractivity contribution >= 4 is 17.4 Å². The minimum absolute atomic E-state index is 0.481. The maximum atomic E-state index is 12.5. The number of halogens is 4. The fraction of sp³-hybridized carbons (Fsp3) is 0.100. The van der Waals surface area contributed by atoms with Crippen molar-refractivity contribution in [1.29, 1.82) is 0 Å². The van der Waals surface area contributed by atoms with E-state index in [9.17, 15) is 18.0 Å². The molecule has 0 aliphatic carbocycles. The number of ketones is 1. The van der Waals surface area contributed by atoms with E-state index < -0.39 is 28.1 Å². The molecule has 0 heterocycles. The quantitative estimate of drug-likeness (QED) is 0.563. The molecule has 0 amide bonds. The molecule has 1 rings (SSSR count). The van der Waals surface area contributed by atoms with E-state index in [2.05, 4.69) is 6.58 Å². The Morgan fingerprint density at radius 3 is 2.47 bits per heavy atom. The summed E-state index contributed by atoms with van der Waals surface area (Å²) in [4.78, 5) is 11.2. The predicted octanol–water partition coefficient (Wildman–Crippen LogP) is 3.73. The zero-order chi connectivity index (χ0) is 11.6. The van der Waals surface area contributed by atoms with Crippen molar-refractivity contribution in [2.24, 2.45) is 0 Å². The molecule has 0 saturated heterocycles. The van der Waals surface area contributed by atoms with Gasteiger partial charge in [-0.15, -0.1) is 0 Å². The molecule has 0 fully saturated rings. The van der Waals surface area contributed by atoms with Crippen molar-refractivity contribution in [3.05, 3.63) is 47.0 Å². The molecular weight excluding hydrogens is 229 g/mol. The molecule has 0 unspecified atom stereocenters. The van der Waals surface area contributed by atoms with Gasteiger partial charge >= 0.3 is 6.18 Å². The van der Waals surface area contributed by atoms with E-state index >= 15 is 0 Å². The first-order valence-electron chi connectivity index (χ1n) is 3.90. The third-order valence-corrected chi connectivity index (χ3v) is 2.06. The molecule has 15 heavy (non-hydrogen) atoms. The third kappa shape index (κ3) is 2.39. The Labute approximate surface area is 89.2 Å². The number of rotatable bonds is 2. The van der Waals surface area contributed by atoms with E-state index in [1.54, 1.807) is 0 Å². The highest BCUT2D eigenvalue weighted by Crippen LogP contribution is 2.37. The van der Waals surface area contributed by atoms with E-state index in [4.69, 9.17) is 11.6 Å². The van der Waals surface area contributed by atoms with Crippen LogP contribution in [0.1, 0.15) is 15.9 Å². The SMILES string of the molecule is C=CC(=O)c1cccc(Cl)c1C(F)(F)F. The lowest BCUT2D eigenvalue weighted by atomic mass is 10.0. The summed E-state index contributed by atoms with van der Waals surface area (Å²) in [6.07, 6.45) is -3.83. The summed E-state index contributed by atoms with van der Waals surface area (Å²) >= 11 is 5.41. The van der Waals surface area contributed by atoms with Crippen LogP contribution in [0.3, 0.4) is 0 Å². The molecule has 1 aromatic carbocycles. The Kier molecular flexibility index (Phi) is 3.19. The number of benzene rings is 1. The van der Waals surface area contributed by atoms with Gasteiger partial charge in [0.1, 0.15) is 0 Å². The number of alkyl halides is 3. The van der Waals surface area contributed by atoms with E-state index in [1.807, 2.05) is 0 Å². The Morgan fingerprint density at radius 1 is 1.40 bits per heavy atom. The Bertz CT molecular complexity index is 410. The normalized spacial score (nSPS) is 11.2.